The van der Waals surface area contributed by atoms with Crippen LogP contribution in [0.3, 0.4) is 0 Å². The highest BCUT2D eigenvalue weighted by molar-refractivity contribution is 5.83. The van der Waals surface area contributed by atoms with E-state index < -0.39 is 5.91 Å². The van der Waals surface area contributed by atoms with Crippen LogP contribution in [0.4, 0.5) is 0 Å². The summed E-state index contributed by atoms with van der Waals surface area (Å²) in [5, 5.41) is 12.5. The van der Waals surface area contributed by atoms with Crippen molar-refractivity contribution in [3.63, 3.8) is 0 Å². The van der Waals surface area contributed by atoms with E-state index in [1.54, 1.807) is 25.5 Å². The lowest BCUT2D eigenvalue weighted by Gasteiger charge is -2.42. The Morgan fingerprint density at radius 3 is 3.00 bits per heavy atom. The fraction of sp³-hybridized carbons (Fsp3) is 0.391. The lowest BCUT2D eigenvalue weighted by molar-refractivity contribution is -0.120. The van der Waals surface area contributed by atoms with Gasteiger partial charge < -0.3 is 9.30 Å². The average Bonchev–Trinajstić information content (AvgIpc) is 2.75. The summed E-state index contributed by atoms with van der Waals surface area (Å²) in [6, 6.07) is 13.1. The predicted molar refractivity (Wildman–Crippen MR) is 116 cm³/mol. The molecule has 1 saturated heterocycles. The van der Waals surface area contributed by atoms with Crippen molar-refractivity contribution in [2.45, 2.75) is 31.8 Å². The third kappa shape index (κ3) is 4.67. The van der Waals surface area contributed by atoms with Crippen molar-refractivity contribution < 1.29 is 9.53 Å². The minimum Gasteiger partial charge on any atom is -0.496 e. The molecule has 160 valence electrons. The van der Waals surface area contributed by atoms with Gasteiger partial charge >= 0.3 is 0 Å². The first-order valence-corrected chi connectivity index (χ1v) is 10.3. The first kappa shape index (κ1) is 20.8. The van der Waals surface area contributed by atoms with E-state index >= 15 is 0 Å². The number of nitrogens with one attached hydrogen (secondary N) is 1. The lowest BCUT2D eigenvalue weighted by Crippen LogP contribution is -2.46. The highest BCUT2D eigenvalue weighted by Gasteiger charge is 2.34. The first-order chi connectivity index (χ1) is 15.1. The summed E-state index contributed by atoms with van der Waals surface area (Å²) in [6.07, 6.45) is 2.45. The van der Waals surface area contributed by atoms with Crippen LogP contribution in [0, 0.1) is 17.2 Å². The normalized spacial score (nSPS) is 20.1. The van der Waals surface area contributed by atoms with Gasteiger partial charge in [0, 0.05) is 49.4 Å². The smallest absolute Gasteiger partial charge is 0.254 e. The SMILES string of the molecule is COc1ccc(/C=N/NC(=O)CC#N)cc1CN1CC2C[C@H](C1)c1cccc(=O)n1C2. The minimum atomic E-state index is -0.438. The van der Waals surface area contributed by atoms with Crippen molar-refractivity contribution in [1.82, 2.24) is 14.9 Å². The number of benzene rings is 1. The first-order valence-electron chi connectivity index (χ1n) is 10.3. The summed E-state index contributed by atoms with van der Waals surface area (Å²) in [5.74, 6) is 1.18. The van der Waals surface area contributed by atoms with Crippen molar-refractivity contribution in [2.24, 2.45) is 11.0 Å². The van der Waals surface area contributed by atoms with Crippen molar-refractivity contribution in [3.8, 4) is 11.8 Å². The number of aromatic nitrogens is 1. The Morgan fingerprint density at radius 2 is 2.19 bits per heavy atom. The average molecular weight is 419 g/mol. The van der Waals surface area contributed by atoms with E-state index in [2.05, 4.69) is 21.5 Å². The van der Waals surface area contributed by atoms with Crippen LogP contribution in [0.2, 0.25) is 0 Å². The number of hydrazone groups is 1. The molecule has 0 aliphatic carbocycles. The molecular formula is C23H25N5O3. The largest absolute Gasteiger partial charge is 0.496 e. The molecule has 0 saturated carbocycles. The number of fused-ring (bicyclic) bond motifs is 4. The summed E-state index contributed by atoms with van der Waals surface area (Å²) >= 11 is 0. The molecule has 1 amide bonds. The maximum atomic E-state index is 12.2. The number of pyridine rings is 1. The molecule has 8 heteroatoms. The second-order valence-electron chi connectivity index (χ2n) is 8.09. The third-order valence-electron chi connectivity index (χ3n) is 5.90. The Labute approximate surface area is 180 Å². The van der Waals surface area contributed by atoms with Crippen LogP contribution in [-0.4, -0.2) is 41.8 Å². The quantitative estimate of drug-likeness (QED) is 0.569. The van der Waals surface area contributed by atoms with Crippen LogP contribution in [0.25, 0.3) is 0 Å². The Bertz CT molecular complexity index is 1100. The molecule has 1 unspecified atom stereocenters. The van der Waals surface area contributed by atoms with E-state index in [0.717, 1.165) is 55.2 Å². The van der Waals surface area contributed by atoms with E-state index in [0.29, 0.717) is 11.8 Å². The number of likely N-dealkylation sites (tertiary alicyclic amines) is 1. The van der Waals surface area contributed by atoms with Gasteiger partial charge in [-0.1, -0.05) is 6.07 Å². The molecule has 2 atom stereocenters. The van der Waals surface area contributed by atoms with Gasteiger partial charge in [-0.25, -0.2) is 5.43 Å². The summed E-state index contributed by atoms with van der Waals surface area (Å²) in [7, 11) is 1.66. The van der Waals surface area contributed by atoms with Gasteiger partial charge in [-0.2, -0.15) is 10.4 Å². The molecule has 31 heavy (non-hydrogen) atoms. The summed E-state index contributed by atoms with van der Waals surface area (Å²) < 4.78 is 7.50. The van der Waals surface area contributed by atoms with Gasteiger partial charge in [0.25, 0.3) is 11.5 Å². The molecule has 0 spiro atoms. The highest BCUT2D eigenvalue weighted by atomic mass is 16.5. The van der Waals surface area contributed by atoms with Crippen LogP contribution >= 0.6 is 0 Å². The van der Waals surface area contributed by atoms with Gasteiger partial charge in [0.05, 0.1) is 19.4 Å². The van der Waals surface area contributed by atoms with E-state index in [-0.39, 0.29) is 12.0 Å². The molecule has 1 aromatic heterocycles. The molecule has 3 heterocycles. The number of nitrogens with zero attached hydrogens (tertiary/aromatic N) is 4. The number of rotatable bonds is 6. The number of nitriles is 1. The molecule has 4 rings (SSSR count). The number of carbonyl (C=O) groups is 1. The van der Waals surface area contributed by atoms with E-state index in [1.807, 2.05) is 28.8 Å². The summed E-state index contributed by atoms with van der Waals surface area (Å²) in [5.41, 5.74) is 5.45. The van der Waals surface area contributed by atoms with Crippen LogP contribution in [0.5, 0.6) is 5.75 Å². The molecule has 0 radical (unpaired) electrons. The minimum absolute atomic E-state index is 0.0937. The molecule has 1 N–H and O–H groups in total. The molecule has 2 aliphatic heterocycles. The van der Waals surface area contributed by atoms with Crippen LogP contribution in [0.15, 0.2) is 46.3 Å². The molecule has 1 aromatic carbocycles. The zero-order valence-corrected chi connectivity index (χ0v) is 17.5. The summed E-state index contributed by atoms with van der Waals surface area (Å²) in [6.45, 7) is 3.33. The highest BCUT2D eigenvalue weighted by Crippen LogP contribution is 2.36. The molecular weight excluding hydrogens is 394 g/mol. The van der Waals surface area contributed by atoms with Crippen LogP contribution in [-0.2, 0) is 17.9 Å². The zero-order valence-electron chi connectivity index (χ0n) is 17.5. The Morgan fingerprint density at radius 1 is 1.32 bits per heavy atom. The van der Waals surface area contributed by atoms with Gasteiger partial charge in [-0.3, -0.25) is 14.5 Å². The number of amides is 1. The fourth-order valence-corrected chi connectivity index (χ4v) is 4.66. The topological polar surface area (TPSA) is 99.7 Å². The van der Waals surface area contributed by atoms with Crippen molar-refractivity contribution >= 4 is 12.1 Å². The Kier molecular flexibility index (Phi) is 6.14. The van der Waals surface area contributed by atoms with Crippen LogP contribution in [0.1, 0.15) is 35.6 Å². The lowest BCUT2D eigenvalue weighted by atomic mass is 9.83. The third-order valence-corrected chi connectivity index (χ3v) is 5.90. The number of methoxy groups -OCH3 is 1. The van der Waals surface area contributed by atoms with Gasteiger partial charge in [0.1, 0.15) is 12.2 Å². The van der Waals surface area contributed by atoms with Gasteiger partial charge in [0.2, 0.25) is 0 Å². The molecule has 2 bridgehead atoms. The van der Waals surface area contributed by atoms with Crippen molar-refractivity contribution in [3.05, 3.63) is 63.6 Å². The van der Waals surface area contributed by atoms with Gasteiger partial charge in [0.15, 0.2) is 0 Å². The molecule has 2 aliphatic rings. The van der Waals surface area contributed by atoms with Gasteiger partial charge in [-0.15, -0.1) is 0 Å². The van der Waals surface area contributed by atoms with E-state index in [4.69, 9.17) is 10.00 Å². The number of hydrogen-bond acceptors (Lipinski definition) is 6. The van der Waals surface area contributed by atoms with E-state index in [9.17, 15) is 9.59 Å². The monoisotopic (exact) mass is 419 g/mol. The van der Waals surface area contributed by atoms with E-state index in [1.165, 1.54) is 0 Å². The Balaban J connectivity index is 1.49. The standard InChI is InChI=1S/C23H25N5O3/c1-31-21-6-5-16(11-25-26-22(29)7-8-24)9-19(21)15-27-12-17-10-18(14-27)20-3-2-4-23(30)28(20)13-17/h2-6,9,11,17-18H,7,10,12-15H2,1H3,(H,26,29)/b25-11+/t17?,18-/m1/s1. The van der Waals surface area contributed by atoms with Crippen molar-refractivity contribution in [2.75, 3.05) is 20.2 Å². The molecule has 1 fully saturated rings. The number of ether oxygens (including phenoxy) is 1. The second-order valence-corrected chi connectivity index (χ2v) is 8.09. The Hall–Kier alpha value is -3.44. The van der Waals surface area contributed by atoms with Crippen LogP contribution < -0.4 is 15.7 Å². The number of piperidine rings is 1. The summed E-state index contributed by atoms with van der Waals surface area (Å²) in [4.78, 5) is 26.0. The van der Waals surface area contributed by atoms with Crippen molar-refractivity contribution in [1.29, 1.82) is 5.26 Å². The molecule has 8 nitrogen and oxygen atoms in total. The maximum absolute atomic E-state index is 12.2. The maximum Gasteiger partial charge on any atom is 0.254 e. The fourth-order valence-electron chi connectivity index (χ4n) is 4.66. The number of carbonyl (C=O) groups excluding carboxylic acids is 1. The second kappa shape index (κ2) is 9.14. The number of hydrogen-bond donors (Lipinski definition) is 1. The van der Waals surface area contributed by atoms with Gasteiger partial charge in [-0.05, 0) is 42.2 Å². The predicted octanol–water partition coefficient (Wildman–Crippen LogP) is 1.84. The zero-order chi connectivity index (χ0) is 21.8. The molecule has 2 aromatic rings.